The largest absolute Gasteiger partial charge is 0.497 e. The second-order valence-electron chi connectivity index (χ2n) is 10.3. The van der Waals surface area contributed by atoms with Gasteiger partial charge in [-0.3, -0.25) is 9.69 Å². The minimum absolute atomic E-state index is 0.0411. The number of carbonyl (C=O) groups excluding carboxylic acids is 2. The molecule has 3 aliphatic rings. The summed E-state index contributed by atoms with van der Waals surface area (Å²) in [4.78, 5) is 32.8. The molecule has 0 radical (unpaired) electrons. The number of methoxy groups -OCH3 is 2. The highest BCUT2D eigenvalue weighted by molar-refractivity contribution is 5.83. The van der Waals surface area contributed by atoms with E-state index in [0.29, 0.717) is 32.6 Å². The maximum Gasteiger partial charge on any atom is 0.325 e. The van der Waals surface area contributed by atoms with Crippen LogP contribution >= 0.6 is 0 Å². The number of ether oxygens (including phenoxy) is 2. The molecule has 5 rings (SSSR count). The molecule has 0 N–H and O–H groups in total. The minimum Gasteiger partial charge on any atom is -0.497 e. The highest BCUT2D eigenvalue weighted by Gasteiger charge is 2.55. The molecule has 196 valence electrons. The van der Waals surface area contributed by atoms with Crippen molar-refractivity contribution >= 4 is 11.9 Å². The van der Waals surface area contributed by atoms with Gasteiger partial charge in [0.25, 0.3) is 0 Å². The number of nitrogens with zero attached hydrogens (tertiary/aromatic N) is 3. The molecule has 2 aromatic carbocycles. The van der Waals surface area contributed by atoms with Gasteiger partial charge in [-0.25, -0.2) is 4.79 Å². The van der Waals surface area contributed by atoms with Crippen molar-refractivity contribution in [1.29, 1.82) is 0 Å². The summed E-state index contributed by atoms with van der Waals surface area (Å²) in [5, 5.41) is 0. The average molecular weight is 504 g/mol. The quantitative estimate of drug-likeness (QED) is 0.559. The Balaban J connectivity index is 1.39. The molecule has 0 aliphatic carbocycles. The standard InChI is InChI=1S/C30H37N3O4/c1-5-33-29(35)32-20-23-18-24(36-3)19-25(37-4)28(23)21(2)17-26(32)30(33)13-15-31(16-14-30)27(34)12-11-22-9-7-6-8-10-22/h6-10,17-19,21H,5,11-16,20H2,1-4H3/t21-/m0/s1. The number of benzene rings is 2. The summed E-state index contributed by atoms with van der Waals surface area (Å²) >= 11 is 0. The van der Waals surface area contributed by atoms with Gasteiger partial charge in [-0.05, 0) is 43.4 Å². The molecule has 2 aromatic rings. The lowest BCUT2D eigenvalue weighted by atomic mass is 9.82. The zero-order chi connectivity index (χ0) is 26.2. The molecule has 0 saturated carbocycles. The minimum atomic E-state index is -0.393. The number of likely N-dealkylation sites (N-methyl/N-ethyl adjacent to an activating group) is 1. The van der Waals surface area contributed by atoms with Crippen LogP contribution in [-0.2, 0) is 17.8 Å². The van der Waals surface area contributed by atoms with Crippen LogP contribution in [0.25, 0.3) is 0 Å². The lowest BCUT2D eigenvalue weighted by molar-refractivity contribution is -0.133. The number of amides is 3. The Morgan fingerprint density at radius 3 is 2.46 bits per heavy atom. The lowest BCUT2D eigenvalue weighted by Gasteiger charge is -2.44. The van der Waals surface area contributed by atoms with E-state index in [1.165, 1.54) is 5.56 Å². The van der Waals surface area contributed by atoms with Crippen molar-refractivity contribution < 1.29 is 19.1 Å². The third-order valence-corrected chi connectivity index (χ3v) is 8.32. The molecule has 2 saturated heterocycles. The molecular weight excluding hydrogens is 466 g/mol. The maximum atomic E-state index is 13.8. The number of hydrogen-bond donors (Lipinski definition) is 0. The average Bonchev–Trinajstić information content (AvgIpc) is 3.03. The van der Waals surface area contributed by atoms with Gasteiger partial charge in [0.15, 0.2) is 0 Å². The predicted octanol–water partition coefficient (Wildman–Crippen LogP) is 4.96. The van der Waals surface area contributed by atoms with E-state index in [0.717, 1.165) is 47.6 Å². The number of allylic oxidation sites excluding steroid dienone is 1. The molecule has 37 heavy (non-hydrogen) atoms. The van der Waals surface area contributed by atoms with Crippen LogP contribution in [0.4, 0.5) is 4.79 Å². The summed E-state index contributed by atoms with van der Waals surface area (Å²) in [7, 11) is 3.33. The Bertz CT molecular complexity index is 1200. The van der Waals surface area contributed by atoms with Gasteiger partial charge in [-0.1, -0.05) is 43.3 Å². The Morgan fingerprint density at radius 2 is 1.81 bits per heavy atom. The normalized spacial score (nSPS) is 20.3. The first-order chi connectivity index (χ1) is 17.9. The molecule has 1 atom stereocenters. The van der Waals surface area contributed by atoms with E-state index in [1.54, 1.807) is 14.2 Å². The van der Waals surface area contributed by atoms with Crippen LogP contribution in [0.1, 0.15) is 55.7 Å². The van der Waals surface area contributed by atoms with Gasteiger partial charge in [0, 0.05) is 49.3 Å². The van der Waals surface area contributed by atoms with Crippen LogP contribution in [-0.4, -0.2) is 66.0 Å². The Hall–Kier alpha value is -3.48. The first kappa shape index (κ1) is 25.2. The summed E-state index contributed by atoms with van der Waals surface area (Å²) in [6.45, 7) is 6.64. The van der Waals surface area contributed by atoms with E-state index in [1.807, 2.05) is 52.0 Å². The topological polar surface area (TPSA) is 62.3 Å². The SMILES string of the molecule is CCN1C(=O)N2Cc3cc(OC)cc(OC)c3[C@@H](C)C=C2C12CCN(C(=O)CCc1ccccc1)CC2. The number of urea groups is 1. The van der Waals surface area contributed by atoms with Crippen LogP contribution in [0.5, 0.6) is 11.5 Å². The van der Waals surface area contributed by atoms with E-state index >= 15 is 0 Å². The van der Waals surface area contributed by atoms with Crippen molar-refractivity contribution in [1.82, 2.24) is 14.7 Å². The Kier molecular flexibility index (Phi) is 6.88. The molecule has 0 bridgehead atoms. The first-order valence-electron chi connectivity index (χ1n) is 13.3. The predicted molar refractivity (Wildman–Crippen MR) is 143 cm³/mol. The summed E-state index contributed by atoms with van der Waals surface area (Å²) < 4.78 is 11.3. The number of rotatable bonds is 6. The monoisotopic (exact) mass is 503 g/mol. The van der Waals surface area contributed by atoms with Crippen molar-refractivity contribution in [3.8, 4) is 11.5 Å². The summed E-state index contributed by atoms with van der Waals surface area (Å²) in [6.07, 6.45) is 5.00. The van der Waals surface area contributed by atoms with E-state index in [9.17, 15) is 9.59 Å². The van der Waals surface area contributed by atoms with Crippen molar-refractivity contribution in [3.05, 3.63) is 70.9 Å². The number of fused-ring (bicyclic) bond motifs is 3. The van der Waals surface area contributed by atoms with E-state index in [4.69, 9.17) is 9.47 Å². The molecule has 7 nitrogen and oxygen atoms in total. The summed E-state index contributed by atoms with van der Waals surface area (Å²) in [6, 6.07) is 14.1. The third kappa shape index (κ3) is 4.34. The second-order valence-corrected chi connectivity index (χ2v) is 10.3. The van der Waals surface area contributed by atoms with Crippen molar-refractivity contribution in [2.45, 2.75) is 57.5 Å². The number of likely N-dealkylation sites (tertiary alicyclic amines) is 1. The fourth-order valence-corrected chi connectivity index (χ4v) is 6.44. The van der Waals surface area contributed by atoms with Crippen LogP contribution in [0.15, 0.2) is 54.2 Å². The fraction of sp³-hybridized carbons (Fsp3) is 0.467. The second kappa shape index (κ2) is 10.1. The van der Waals surface area contributed by atoms with E-state index < -0.39 is 5.54 Å². The fourth-order valence-electron chi connectivity index (χ4n) is 6.44. The molecule has 3 aliphatic heterocycles. The molecule has 3 heterocycles. The van der Waals surface area contributed by atoms with Gasteiger partial charge in [0.1, 0.15) is 11.5 Å². The first-order valence-corrected chi connectivity index (χ1v) is 13.3. The maximum absolute atomic E-state index is 13.8. The number of hydrogen-bond acceptors (Lipinski definition) is 4. The van der Waals surface area contributed by atoms with Gasteiger partial charge in [-0.2, -0.15) is 0 Å². The van der Waals surface area contributed by atoms with Crippen LogP contribution < -0.4 is 9.47 Å². The lowest BCUT2D eigenvalue weighted by Crippen LogP contribution is -2.54. The van der Waals surface area contributed by atoms with Gasteiger partial charge >= 0.3 is 6.03 Å². The van der Waals surface area contributed by atoms with Gasteiger partial charge < -0.3 is 19.3 Å². The molecule has 1 spiro atoms. The van der Waals surface area contributed by atoms with Crippen molar-refractivity contribution in [2.75, 3.05) is 33.9 Å². The number of aryl methyl sites for hydroxylation is 1. The van der Waals surface area contributed by atoms with Crippen molar-refractivity contribution in [2.24, 2.45) is 0 Å². The van der Waals surface area contributed by atoms with Gasteiger partial charge in [0.05, 0.1) is 26.3 Å². The highest BCUT2D eigenvalue weighted by atomic mass is 16.5. The van der Waals surface area contributed by atoms with Crippen molar-refractivity contribution in [3.63, 3.8) is 0 Å². The van der Waals surface area contributed by atoms with Gasteiger partial charge in [0.2, 0.25) is 5.91 Å². The Morgan fingerprint density at radius 1 is 1.08 bits per heavy atom. The smallest absolute Gasteiger partial charge is 0.325 e. The number of piperidine rings is 1. The van der Waals surface area contributed by atoms with E-state index in [2.05, 4.69) is 25.1 Å². The zero-order valence-corrected chi connectivity index (χ0v) is 22.3. The number of carbonyl (C=O) groups is 2. The Labute approximate surface area is 219 Å². The highest BCUT2D eigenvalue weighted by Crippen LogP contribution is 2.49. The molecule has 2 fully saturated rings. The van der Waals surface area contributed by atoms with Crippen LogP contribution in [0, 0.1) is 0 Å². The molecule has 0 aromatic heterocycles. The van der Waals surface area contributed by atoms with Crippen LogP contribution in [0.3, 0.4) is 0 Å². The summed E-state index contributed by atoms with van der Waals surface area (Å²) in [5.74, 6) is 1.77. The van der Waals surface area contributed by atoms with E-state index in [-0.39, 0.29) is 17.9 Å². The molecule has 7 heteroatoms. The van der Waals surface area contributed by atoms with Gasteiger partial charge in [-0.15, -0.1) is 0 Å². The molecule has 0 unspecified atom stereocenters. The van der Waals surface area contributed by atoms with Crippen LogP contribution in [0.2, 0.25) is 0 Å². The summed E-state index contributed by atoms with van der Waals surface area (Å²) in [5.41, 5.74) is 4.01. The molecule has 3 amide bonds. The molecular formula is C30H37N3O4. The third-order valence-electron chi connectivity index (χ3n) is 8.32. The zero-order valence-electron chi connectivity index (χ0n) is 22.3.